The van der Waals surface area contributed by atoms with Crippen LogP contribution in [0.4, 0.5) is 11.4 Å². The Morgan fingerprint density at radius 1 is 1.07 bits per heavy atom. The lowest BCUT2D eigenvalue weighted by atomic mass is 10.2. The molecule has 1 aliphatic heterocycles. The number of hydrogen-bond donors (Lipinski definition) is 1. The van der Waals surface area contributed by atoms with Crippen molar-refractivity contribution >= 4 is 22.8 Å². The second kappa shape index (κ2) is 7.80. The third-order valence-electron chi connectivity index (χ3n) is 5.11. The highest BCUT2D eigenvalue weighted by atomic mass is 16.1. The van der Waals surface area contributed by atoms with Crippen LogP contribution in [-0.2, 0) is 11.2 Å². The number of imidazole rings is 1. The van der Waals surface area contributed by atoms with Gasteiger partial charge in [-0.3, -0.25) is 4.79 Å². The molecule has 3 heterocycles. The van der Waals surface area contributed by atoms with E-state index in [0.717, 1.165) is 43.2 Å². The molecule has 1 fully saturated rings. The summed E-state index contributed by atoms with van der Waals surface area (Å²) in [5.41, 5.74) is 3.10. The van der Waals surface area contributed by atoms with Gasteiger partial charge in [0.2, 0.25) is 5.91 Å². The molecule has 0 bridgehead atoms. The number of aromatic nitrogens is 2. The Hall–Kier alpha value is -2.86. The predicted octanol–water partition coefficient (Wildman–Crippen LogP) is 2.66. The van der Waals surface area contributed by atoms with Crippen LogP contribution in [0.5, 0.6) is 0 Å². The van der Waals surface area contributed by atoms with Crippen LogP contribution < -0.4 is 10.2 Å². The van der Waals surface area contributed by atoms with E-state index in [0.29, 0.717) is 12.8 Å². The standard InChI is InChI=1S/C21H25N5O/c1-24-12-14-25(15-13-24)18-7-5-17(6-8-18)23-21(27)10-9-20-22-16-19-4-2-3-11-26(19)20/h2-8,11,16H,9-10,12-15H2,1H3,(H,23,27). The van der Waals surface area contributed by atoms with Crippen LogP contribution in [0.15, 0.2) is 54.9 Å². The monoisotopic (exact) mass is 363 g/mol. The minimum Gasteiger partial charge on any atom is -0.369 e. The van der Waals surface area contributed by atoms with E-state index in [4.69, 9.17) is 0 Å². The van der Waals surface area contributed by atoms with Crippen LogP contribution in [0.3, 0.4) is 0 Å². The molecule has 3 aromatic rings. The van der Waals surface area contributed by atoms with Gasteiger partial charge in [-0.05, 0) is 43.4 Å². The van der Waals surface area contributed by atoms with Gasteiger partial charge in [0.15, 0.2) is 0 Å². The van der Waals surface area contributed by atoms with Crippen LogP contribution in [0, 0.1) is 0 Å². The van der Waals surface area contributed by atoms with Gasteiger partial charge in [0, 0.05) is 56.6 Å². The van der Waals surface area contributed by atoms with Gasteiger partial charge in [0.05, 0.1) is 11.7 Å². The van der Waals surface area contributed by atoms with Gasteiger partial charge in [0.25, 0.3) is 0 Å². The van der Waals surface area contributed by atoms with E-state index >= 15 is 0 Å². The van der Waals surface area contributed by atoms with E-state index in [9.17, 15) is 4.79 Å². The fourth-order valence-corrected chi connectivity index (χ4v) is 3.45. The highest BCUT2D eigenvalue weighted by molar-refractivity contribution is 5.91. The number of nitrogens with zero attached hydrogens (tertiary/aromatic N) is 4. The van der Waals surface area contributed by atoms with Gasteiger partial charge in [-0.1, -0.05) is 6.07 Å². The number of aryl methyl sites for hydroxylation is 1. The molecule has 140 valence electrons. The van der Waals surface area contributed by atoms with E-state index in [2.05, 4.69) is 39.3 Å². The predicted molar refractivity (Wildman–Crippen MR) is 108 cm³/mol. The van der Waals surface area contributed by atoms with E-state index in [1.807, 2.05) is 47.1 Å². The first kappa shape index (κ1) is 17.5. The third kappa shape index (κ3) is 4.11. The molecule has 6 nitrogen and oxygen atoms in total. The molecule has 0 saturated carbocycles. The second-order valence-electron chi connectivity index (χ2n) is 7.06. The van der Waals surface area contributed by atoms with E-state index in [1.165, 1.54) is 5.69 Å². The summed E-state index contributed by atoms with van der Waals surface area (Å²) in [6.45, 7) is 4.25. The zero-order chi connectivity index (χ0) is 18.6. The first-order valence-electron chi connectivity index (χ1n) is 9.43. The number of hydrogen-bond acceptors (Lipinski definition) is 4. The zero-order valence-corrected chi connectivity index (χ0v) is 15.6. The third-order valence-corrected chi connectivity index (χ3v) is 5.11. The number of carbonyl (C=O) groups is 1. The SMILES string of the molecule is CN1CCN(c2ccc(NC(=O)CCc3ncc4ccccn34)cc2)CC1. The summed E-state index contributed by atoms with van der Waals surface area (Å²) in [5, 5.41) is 2.99. The number of amides is 1. The summed E-state index contributed by atoms with van der Waals surface area (Å²) < 4.78 is 2.03. The van der Waals surface area contributed by atoms with Crippen LogP contribution in [-0.4, -0.2) is 53.4 Å². The van der Waals surface area contributed by atoms with Crippen molar-refractivity contribution in [1.29, 1.82) is 0 Å². The van der Waals surface area contributed by atoms with Crippen molar-refractivity contribution in [2.24, 2.45) is 0 Å². The van der Waals surface area contributed by atoms with Crippen molar-refractivity contribution in [3.63, 3.8) is 0 Å². The Labute approximate surface area is 159 Å². The number of pyridine rings is 1. The molecule has 2 aromatic heterocycles. The van der Waals surface area contributed by atoms with E-state index in [-0.39, 0.29) is 5.91 Å². The Balaban J connectivity index is 1.31. The average Bonchev–Trinajstić information content (AvgIpc) is 3.11. The Bertz CT molecular complexity index is 910. The number of rotatable bonds is 5. The molecular weight excluding hydrogens is 338 g/mol. The van der Waals surface area contributed by atoms with Gasteiger partial charge in [-0.2, -0.15) is 0 Å². The number of fused-ring (bicyclic) bond motifs is 1. The van der Waals surface area contributed by atoms with Crippen LogP contribution in [0.25, 0.3) is 5.52 Å². The first-order valence-corrected chi connectivity index (χ1v) is 9.43. The molecule has 0 unspecified atom stereocenters. The zero-order valence-electron chi connectivity index (χ0n) is 15.6. The summed E-state index contributed by atoms with van der Waals surface area (Å²) in [5.74, 6) is 0.918. The highest BCUT2D eigenvalue weighted by Gasteiger charge is 2.14. The topological polar surface area (TPSA) is 52.9 Å². The molecule has 1 aliphatic rings. The van der Waals surface area contributed by atoms with Crippen molar-refractivity contribution in [2.75, 3.05) is 43.4 Å². The normalized spacial score (nSPS) is 15.2. The molecule has 1 saturated heterocycles. The lowest BCUT2D eigenvalue weighted by Gasteiger charge is -2.34. The maximum atomic E-state index is 12.3. The van der Waals surface area contributed by atoms with Crippen LogP contribution in [0.1, 0.15) is 12.2 Å². The summed E-state index contributed by atoms with van der Waals surface area (Å²) in [6, 6.07) is 14.1. The molecule has 0 spiro atoms. The van der Waals surface area contributed by atoms with Crippen LogP contribution >= 0.6 is 0 Å². The molecule has 27 heavy (non-hydrogen) atoms. The van der Waals surface area contributed by atoms with Gasteiger partial charge < -0.3 is 19.5 Å². The van der Waals surface area contributed by atoms with E-state index in [1.54, 1.807) is 0 Å². The van der Waals surface area contributed by atoms with Gasteiger partial charge in [-0.15, -0.1) is 0 Å². The summed E-state index contributed by atoms with van der Waals surface area (Å²) in [7, 11) is 2.16. The fraction of sp³-hybridized carbons (Fsp3) is 0.333. The fourth-order valence-electron chi connectivity index (χ4n) is 3.45. The Kier molecular flexibility index (Phi) is 5.07. The number of anilines is 2. The van der Waals surface area contributed by atoms with Crippen molar-refractivity contribution in [2.45, 2.75) is 12.8 Å². The summed E-state index contributed by atoms with van der Waals surface area (Å²) in [6.07, 6.45) is 4.84. The average molecular weight is 363 g/mol. The molecule has 1 N–H and O–H groups in total. The molecule has 0 atom stereocenters. The Morgan fingerprint density at radius 3 is 2.63 bits per heavy atom. The molecular formula is C21H25N5O. The smallest absolute Gasteiger partial charge is 0.224 e. The Morgan fingerprint density at radius 2 is 1.85 bits per heavy atom. The number of piperazine rings is 1. The quantitative estimate of drug-likeness (QED) is 0.757. The number of carbonyl (C=O) groups excluding carboxylic acids is 1. The number of benzene rings is 1. The molecule has 4 rings (SSSR count). The number of nitrogens with one attached hydrogen (secondary N) is 1. The first-order chi connectivity index (χ1) is 13.2. The van der Waals surface area contributed by atoms with Crippen molar-refractivity contribution in [3.05, 3.63) is 60.7 Å². The van der Waals surface area contributed by atoms with Crippen molar-refractivity contribution in [3.8, 4) is 0 Å². The molecule has 0 aliphatic carbocycles. The van der Waals surface area contributed by atoms with E-state index < -0.39 is 0 Å². The molecule has 1 amide bonds. The summed E-state index contributed by atoms with van der Waals surface area (Å²) in [4.78, 5) is 21.4. The van der Waals surface area contributed by atoms with Gasteiger partial charge >= 0.3 is 0 Å². The maximum absolute atomic E-state index is 12.3. The van der Waals surface area contributed by atoms with Gasteiger partial charge in [0.1, 0.15) is 5.82 Å². The molecule has 1 aromatic carbocycles. The van der Waals surface area contributed by atoms with Crippen LogP contribution in [0.2, 0.25) is 0 Å². The molecule has 6 heteroatoms. The number of likely N-dealkylation sites (N-methyl/N-ethyl adjacent to an activating group) is 1. The minimum atomic E-state index is 0.00929. The van der Waals surface area contributed by atoms with Crippen molar-refractivity contribution < 1.29 is 4.79 Å². The largest absolute Gasteiger partial charge is 0.369 e. The lowest BCUT2D eigenvalue weighted by molar-refractivity contribution is -0.116. The van der Waals surface area contributed by atoms with Gasteiger partial charge in [-0.25, -0.2) is 4.98 Å². The maximum Gasteiger partial charge on any atom is 0.224 e. The minimum absolute atomic E-state index is 0.00929. The summed E-state index contributed by atoms with van der Waals surface area (Å²) >= 11 is 0. The highest BCUT2D eigenvalue weighted by Crippen LogP contribution is 2.19. The van der Waals surface area contributed by atoms with Crippen molar-refractivity contribution in [1.82, 2.24) is 14.3 Å². The second-order valence-corrected chi connectivity index (χ2v) is 7.06. The lowest BCUT2D eigenvalue weighted by Crippen LogP contribution is -2.44. The molecule has 0 radical (unpaired) electrons.